The van der Waals surface area contributed by atoms with Crippen molar-refractivity contribution in [1.29, 1.82) is 0 Å². The summed E-state index contributed by atoms with van der Waals surface area (Å²) in [5, 5.41) is 3.21. The van der Waals surface area contributed by atoms with Gasteiger partial charge in [0.05, 0.1) is 6.10 Å². The van der Waals surface area contributed by atoms with Crippen LogP contribution in [0.15, 0.2) is 6.33 Å². The maximum absolute atomic E-state index is 5.96. The molecule has 1 heterocycles. The number of unbranched alkanes of at least 4 members (excludes halogenated alkanes) is 2. The van der Waals surface area contributed by atoms with Crippen LogP contribution in [0.2, 0.25) is 0 Å². The Hall–Kier alpha value is -1.56. The molecule has 0 aliphatic heterocycles. The lowest BCUT2D eigenvalue weighted by atomic mass is 10.2. The normalized spacial score (nSPS) is 10.7. The highest BCUT2D eigenvalue weighted by atomic mass is 16.5. The van der Waals surface area contributed by atoms with Gasteiger partial charge in [-0.3, -0.25) is 0 Å². The summed E-state index contributed by atoms with van der Waals surface area (Å²) >= 11 is 0. The van der Waals surface area contributed by atoms with Gasteiger partial charge in [0.1, 0.15) is 12.0 Å². The molecule has 1 aromatic rings. The van der Waals surface area contributed by atoms with Crippen LogP contribution in [0.4, 0.5) is 11.5 Å². The number of anilines is 2. The van der Waals surface area contributed by atoms with Gasteiger partial charge in [-0.25, -0.2) is 4.98 Å². The van der Waals surface area contributed by atoms with E-state index in [9.17, 15) is 0 Å². The monoisotopic (exact) mass is 268 g/mol. The molecule has 108 valence electrons. The van der Waals surface area contributed by atoms with Gasteiger partial charge < -0.3 is 20.5 Å². The second-order valence-electron chi connectivity index (χ2n) is 4.59. The van der Waals surface area contributed by atoms with E-state index in [-0.39, 0.29) is 6.10 Å². The molecule has 0 unspecified atom stereocenters. The molecule has 0 fully saturated rings. The number of nitrogens with two attached hydrogens (primary N) is 1. The van der Waals surface area contributed by atoms with E-state index < -0.39 is 0 Å². The molecule has 0 spiro atoms. The number of hydrogen-bond acceptors (Lipinski definition) is 6. The Labute approximate surface area is 114 Å². The molecule has 0 saturated heterocycles. The van der Waals surface area contributed by atoms with Gasteiger partial charge in [-0.2, -0.15) is 4.98 Å². The van der Waals surface area contributed by atoms with Crippen molar-refractivity contribution in [1.82, 2.24) is 9.97 Å². The first-order valence-electron chi connectivity index (χ1n) is 6.65. The molecule has 0 atom stereocenters. The zero-order chi connectivity index (χ0) is 14.1. The van der Waals surface area contributed by atoms with Crippen molar-refractivity contribution in [3.63, 3.8) is 0 Å². The first-order valence-corrected chi connectivity index (χ1v) is 6.65. The van der Waals surface area contributed by atoms with Crippen molar-refractivity contribution in [2.45, 2.75) is 39.2 Å². The fourth-order valence-corrected chi connectivity index (χ4v) is 1.59. The maximum Gasteiger partial charge on any atom is 0.242 e. The molecular formula is C13H24N4O2. The van der Waals surface area contributed by atoms with Crippen molar-refractivity contribution in [2.24, 2.45) is 0 Å². The average Bonchev–Trinajstić information content (AvgIpc) is 2.37. The van der Waals surface area contributed by atoms with Crippen LogP contribution in [0.5, 0.6) is 5.88 Å². The van der Waals surface area contributed by atoms with E-state index in [1.54, 1.807) is 7.11 Å². The molecule has 1 aromatic heterocycles. The third-order valence-corrected chi connectivity index (χ3v) is 2.51. The minimum atomic E-state index is 0.0408. The quantitative estimate of drug-likeness (QED) is 0.667. The van der Waals surface area contributed by atoms with Crippen molar-refractivity contribution in [3.05, 3.63) is 6.33 Å². The number of hydrogen-bond donors (Lipinski definition) is 2. The molecule has 1 rings (SSSR count). The van der Waals surface area contributed by atoms with Gasteiger partial charge in [0.2, 0.25) is 5.88 Å². The number of aromatic nitrogens is 2. The summed E-state index contributed by atoms with van der Waals surface area (Å²) < 4.78 is 10.5. The second kappa shape index (κ2) is 8.53. The summed E-state index contributed by atoms with van der Waals surface area (Å²) in [6, 6.07) is 0. The standard InChI is InChI=1S/C13H24N4O2/c1-10(2)19-13-11(14)12(16-9-17-13)15-7-5-4-6-8-18-3/h9-10H,4-8,14H2,1-3H3,(H,15,16,17). The fraction of sp³-hybridized carbons (Fsp3) is 0.692. The van der Waals surface area contributed by atoms with Crippen LogP contribution in [-0.2, 0) is 4.74 Å². The highest BCUT2D eigenvalue weighted by Crippen LogP contribution is 2.25. The SMILES string of the molecule is COCCCCCNc1ncnc(OC(C)C)c1N. The Morgan fingerprint density at radius 2 is 2.05 bits per heavy atom. The molecule has 3 N–H and O–H groups in total. The van der Waals surface area contributed by atoms with E-state index in [1.165, 1.54) is 6.33 Å². The zero-order valence-corrected chi connectivity index (χ0v) is 12.0. The molecule has 0 amide bonds. The summed E-state index contributed by atoms with van der Waals surface area (Å²) in [4.78, 5) is 8.16. The van der Waals surface area contributed by atoms with Gasteiger partial charge >= 0.3 is 0 Å². The van der Waals surface area contributed by atoms with E-state index in [4.69, 9.17) is 15.2 Å². The zero-order valence-electron chi connectivity index (χ0n) is 12.0. The first-order chi connectivity index (χ1) is 9.15. The summed E-state index contributed by atoms with van der Waals surface area (Å²) in [7, 11) is 1.72. The van der Waals surface area contributed by atoms with Crippen LogP contribution in [0.3, 0.4) is 0 Å². The maximum atomic E-state index is 5.96. The summed E-state index contributed by atoms with van der Waals surface area (Å²) in [5.74, 6) is 1.07. The Kier molecular flexibility index (Phi) is 6.95. The number of nitrogens with zero attached hydrogens (tertiary/aromatic N) is 2. The molecule has 0 saturated carbocycles. The van der Waals surface area contributed by atoms with Crippen LogP contribution in [0, 0.1) is 0 Å². The smallest absolute Gasteiger partial charge is 0.242 e. The lowest BCUT2D eigenvalue weighted by molar-refractivity contribution is 0.192. The fourth-order valence-electron chi connectivity index (χ4n) is 1.59. The van der Waals surface area contributed by atoms with E-state index in [0.717, 1.165) is 32.4 Å². The number of nitrogen functional groups attached to an aromatic ring is 1. The van der Waals surface area contributed by atoms with E-state index in [1.807, 2.05) is 13.8 Å². The molecule has 6 heteroatoms. The van der Waals surface area contributed by atoms with Gasteiger partial charge in [-0.05, 0) is 33.1 Å². The topological polar surface area (TPSA) is 82.3 Å². The molecule has 0 bridgehead atoms. The molecule has 0 radical (unpaired) electrons. The van der Waals surface area contributed by atoms with Gasteiger partial charge in [-0.15, -0.1) is 0 Å². The van der Waals surface area contributed by atoms with Crippen LogP contribution in [0.25, 0.3) is 0 Å². The molecule has 0 aliphatic carbocycles. The summed E-state index contributed by atoms with van der Waals surface area (Å²) in [5.41, 5.74) is 6.43. The lowest BCUT2D eigenvalue weighted by Gasteiger charge is -2.13. The van der Waals surface area contributed by atoms with E-state index in [0.29, 0.717) is 17.4 Å². The Bertz CT molecular complexity index is 372. The van der Waals surface area contributed by atoms with Crippen LogP contribution < -0.4 is 15.8 Å². The highest BCUT2D eigenvalue weighted by molar-refractivity contribution is 5.66. The average molecular weight is 268 g/mol. The van der Waals surface area contributed by atoms with Crippen LogP contribution in [0.1, 0.15) is 33.1 Å². The number of methoxy groups -OCH3 is 1. The third kappa shape index (κ3) is 5.74. The highest BCUT2D eigenvalue weighted by Gasteiger charge is 2.09. The van der Waals surface area contributed by atoms with Crippen molar-refractivity contribution >= 4 is 11.5 Å². The predicted molar refractivity (Wildman–Crippen MR) is 76.4 cm³/mol. The minimum Gasteiger partial charge on any atom is -0.473 e. The lowest BCUT2D eigenvalue weighted by Crippen LogP contribution is -2.12. The second-order valence-corrected chi connectivity index (χ2v) is 4.59. The van der Waals surface area contributed by atoms with Gasteiger partial charge in [0.25, 0.3) is 0 Å². The van der Waals surface area contributed by atoms with Gasteiger partial charge in [0.15, 0.2) is 5.82 Å². The molecule has 0 aromatic carbocycles. The third-order valence-electron chi connectivity index (χ3n) is 2.51. The Morgan fingerprint density at radius 1 is 1.26 bits per heavy atom. The Balaban J connectivity index is 2.41. The predicted octanol–water partition coefficient (Wildman–Crippen LogP) is 2.07. The number of rotatable bonds is 9. The largest absolute Gasteiger partial charge is 0.473 e. The van der Waals surface area contributed by atoms with Crippen molar-refractivity contribution in [3.8, 4) is 5.88 Å². The minimum absolute atomic E-state index is 0.0408. The molecular weight excluding hydrogens is 244 g/mol. The van der Waals surface area contributed by atoms with Gasteiger partial charge in [-0.1, -0.05) is 0 Å². The van der Waals surface area contributed by atoms with Gasteiger partial charge in [0, 0.05) is 20.3 Å². The molecule has 0 aliphatic rings. The van der Waals surface area contributed by atoms with Crippen molar-refractivity contribution in [2.75, 3.05) is 31.3 Å². The number of ether oxygens (including phenoxy) is 2. The number of nitrogens with one attached hydrogen (secondary N) is 1. The van der Waals surface area contributed by atoms with E-state index >= 15 is 0 Å². The first kappa shape index (κ1) is 15.5. The van der Waals surface area contributed by atoms with Crippen molar-refractivity contribution < 1.29 is 9.47 Å². The Morgan fingerprint density at radius 3 is 2.74 bits per heavy atom. The van der Waals surface area contributed by atoms with Crippen LogP contribution in [-0.4, -0.2) is 36.3 Å². The molecule has 19 heavy (non-hydrogen) atoms. The summed E-state index contributed by atoms with van der Waals surface area (Å²) in [6.07, 6.45) is 4.73. The van der Waals surface area contributed by atoms with Crippen LogP contribution >= 0.6 is 0 Å². The van der Waals surface area contributed by atoms with E-state index in [2.05, 4.69) is 15.3 Å². The molecule has 6 nitrogen and oxygen atoms in total. The summed E-state index contributed by atoms with van der Waals surface area (Å²) in [6.45, 7) is 5.50.